The molecular weight excluding hydrogens is 412 g/mol. The highest BCUT2D eigenvalue weighted by Crippen LogP contribution is 2.24. The minimum Gasteiger partial charge on any atom is -0.491 e. The maximum atomic E-state index is 13.0. The second-order valence-electron chi connectivity index (χ2n) is 8.48. The number of carbonyl (C=O) groups is 1. The van der Waals surface area contributed by atoms with E-state index in [1.54, 1.807) is 24.3 Å². The molecule has 1 N–H and O–H groups in total. The molecule has 0 unspecified atom stereocenters. The van der Waals surface area contributed by atoms with Gasteiger partial charge in [0.15, 0.2) is 0 Å². The van der Waals surface area contributed by atoms with Gasteiger partial charge in [0, 0.05) is 13.1 Å². The molecule has 2 atom stereocenters. The Kier molecular flexibility index (Phi) is 7.38. The topological polar surface area (TPSA) is 75.7 Å². The van der Waals surface area contributed by atoms with Crippen LogP contribution >= 0.6 is 0 Å². The van der Waals surface area contributed by atoms with E-state index in [1.807, 2.05) is 39.0 Å². The molecule has 1 amide bonds. The minimum absolute atomic E-state index is 0.125. The normalized spacial score (nSPS) is 18.4. The highest BCUT2D eigenvalue weighted by molar-refractivity contribution is 7.89. The first-order valence-corrected chi connectivity index (χ1v) is 12.2. The van der Waals surface area contributed by atoms with Crippen LogP contribution < -0.4 is 10.1 Å². The maximum absolute atomic E-state index is 13.0. The third kappa shape index (κ3) is 5.86. The van der Waals surface area contributed by atoms with Crippen molar-refractivity contribution in [3.63, 3.8) is 0 Å². The van der Waals surface area contributed by atoms with Gasteiger partial charge in [-0.15, -0.1) is 0 Å². The van der Waals surface area contributed by atoms with E-state index in [-0.39, 0.29) is 29.3 Å². The molecule has 0 spiro atoms. The second-order valence-corrected chi connectivity index (χ2v) is 10.4. The van der Waals surface area contributed by atoms with Gasteiger partial charge in [-0.2, -0.15) is 4.31 Å². The van der Waals surface area contributed by atoms with Gasteiger partial charge in [-0.1, -0.05) is 23.8 Å². The molecule has 31 heavy (non-hydrogen) atoms. The molecule has 0 bridgehead atoms. The van der Waals surface area contributed by atoms with Crippen LogP contribution in [0.2, 0.25) is 0 Å². The summed E-state index contributed by atoms with van der Waals surface area (Å²) in [5.74, 6) is 0.287. The first kappa shape index (κ1) is 23.3. The van der Waals surface area contributed by atoms with Gasteiger partial charge in [-0.3, -0.25) is 4.79 Å². The smallest absolute Gasteiger partial charge is 0.243 e. The number of rotatable bonds is 7. The lowest BCUT2D eigenvalue weighted by Crippen LogP contribution is -2.48. The fourth-order valence-corrected chi connectivity index (χ4v) is 5.19. The van der Waals surface area contributed by atoms with Crippen molar-refractivity contribution in [2.45, 2.75) is 51.5 Å². The number of hydrogen-bond donors (Lipinski definition) is 1. The summed E-state index contributed by atoms with van der Waals surface area (Å²) in [5.41, 5.74) is 3.37. The number of nitrogens with zero attached hydrogens (tertiary/aromatic N) is 1. The van der Waals surface area contributed by atoms with Crippen LogP contribution in [0.15, 0.2) is 47.4 Å². The van der Waals surface area contributed by atoms with Crippen LogP contribution in [0.3, 0.4) is 0 Å². The summed E-state index contributed by atoms with van der Waals surface area (Å²) in [6, 6.07) is 12.6. The molecule has 1 aliphatic heterocycles. The molecular formula is C24H32N2O4S. The predicted octanol–water partition coefficient (Wildman–Crippen LogP) is 3.60. The molecule has 1 fully saturated rings. The Morgan fingerprint density at radius 1 is 1.13 bits per heavy atom. The lowest BCUT2D eigenvalue weighted by molar-refractivity contribution is -0.126. The van der Waals surface area contributed by atoms with Crippen molar-refractivity contribution < 1.29 is 17.9 Å². The summed E-state index contributed by atoms with van der Waals surface area (Å²) < 4.78 is 33.2. The van der Waals surface area contributed by atoms with Gasteiger partial charge in [0.1, 0.15) is 12.4 Å². The molecule has 0 aliphatic carbocycles. The molecule has 2 aromatic carbocycles. The number of aryl methyl sites for hydroxylation is 3. The molecule has 0 radical (unpaired) electrons. The fourth-order valence-electron chi connectivity index (χ4n) is 3.66. The minimum atomic E-state index is -3.60. The number of hydrogen-bond acceptors (Lipinski definition) is 4. The fraction of sp³-hybridized carbons (Fsp3) is 0.458. The maximum Gasteiger partial charge on any atom is 0.243 e. The van der Waals surface area contributed by atoms with Crippen LogP contribution in [0.25, 0.3) is 0 Å². The van der Waals surface area contributed by atoms with E-state index in [1.165, 1.54) is 9.87 Å². The number of sulfonamides is 1. The van der Waals surface area contributed by atoms with Crippen LogP contribution in [0.1, 0.15) is 36.5 Å². The number of carbonyl (C=O) groups excluding carboxylic acids is 1. The van der Waals surface area contributed by atoms with Gasteiger partial charge >= 0.3 is 0 Å². The molecule has 3 rings (SSSR count). The summed E-state index contributed by atoms with van der Waals surface area (Å²) in [4.78, 5) is 13.1. The van der Waals surface area contributed by atoms with Crippen LogP contribution in [0.5, 0.6) is 5.75 Å². The lowest BCUT2D eigenvalue weighted by atomic mass is 9.98. The van der Waals surface area contributed by atoms with Crippen molar-refractivity contribution in [2.24, 2.45) is 5.92 Å². The molecule has 2 aromatic rings. The molecule has 7 heteroatoms. The van der Waals surface area contributed by atoms with Crippen molar-refractivity contribution in [1.29, 1.82) is 0 Å². The van der Waals surface area contributed by atoms with Crippen LogP contribution in [0, 0.1) is 26.7 Å². The molecule has 1 aliphatic rings. The lowest BCUT2D eigenvalue weighted by Gasteiger charge is -2.31. The van der Waals surface area contributed by atoms with Crippen LogP contribution in [0.4, 0.5) is 0 Å². The van der Waals surface area contributed by atoms with Crippen LogP contribution in [-0.4, -0.2) is 44.4 Å². The molecule has 1 heterocycles. The standard InChI is InChI=1S/C24H32N2O4S/c1-17-7-11-23(12-8-17)31(28,29)26-13-5-6-21(15-26)24(27)25-20(4)16-30-22-10-9-18(2)19(3)14-22/h7-12,14,20-21H,5-6,13,15-16H2,1-4H3,(H,25,27)/t20-,21+/m0/s1. The molecule has 0 aromatic heterocycles. The highest BCUT2D eigenvalue weighted by Gasteiger charge is 2.33. The summed E-state index contributed by atoms with van der Waals surface area (Å²) in [6.45, 7) is 8.89. The first-order chi connectivity index (χ1) is 14.7. The number of amides is 1. The van der Waals surface area contributed by atoms with E-state index >= 15 is 0 Å². The van der Waals surface area contributed by atoms with Crippen molar-refractivity contribution in [3.05, 3.63) is 59.2 Å². The molecule has 6 nitrogen and oxygen atoms in total. The van der Waals surface area contributed by atoms with E-state index in [2.05, 4.69) is 12.2 Å². The zero-order valence-electron chi connectivity index (χ0n) is 18.7. The monoisotopic (exact) mass is 444 g/mol. The van der Waals surface area contributed by atoms with Gasteiger partial charge in [0.2, 0.25) is 15.9 Å². The van der Waals surface area contributed by atoms with Gasteiger partial charge in [-0.05, 0) is 75.9 Å². The largest absolute Gasteiger partial charge is 0.491 e. The summed E-state index contributed by atoms with van der Waals surface area (Å²) in [7, 11) is -3.60. The van der Waals surface area contributed by atoms with Gasteiger partial charge < -0.3 is 10.1 Å². The zero-order chi connectivity index (χ0) is 22.6. The van der Waals surface area contributed by atoms with Crippen molar-refractivity contribution in [3.8, 4) is 5.75 Å². The van der Waals surface area contributed by atoms with E-state index in [4.69, 9.17) is 4.74 Å². The predicted molar refractivity (Wildman–Crippen MR) is 122 cm³/mol. The summed E-state index contributed by atoms with van der Waals surface area (Å²) >= 11 is 0. The molecule has 0 saturated carbocycles. The average molecular weight is 445 g/mol. The Balaban J connectivity index is 1.56. The quantitative estimate of drug-likeness (QED) is 0.708. The Morgan fingerprint density at radius 3 is 2.52 bits per heavy atom. The Labute approximate surface area is 185 Å². The Morgan fingerprint density at radius 2 is 1.84 bits per heavy atom. The second kappa shape index (κ2) is 9.83. The van der Waals surface area contributed by atoms with Gasteiger partial charge in [0.05, 0.1) is 16.9 Å². The number of piperidine rings is 1. The van der Waals surface area contributed by atoms with E-state index in [0.717, 1.165) is 16.9 Å². The van der Waals surface area contributed by atoms with E-state index in [0.29, 0.717) is 26.0 Å². The Bertz CT molecular complexity index is 1020. The van der Waals surface area contributed by atoms with Crippen molar-refractivity contribution in [2.75, 3.05) is 19.7 Å². The third-order valence-electron chi connectivity index (χ3n) is 5.78. The first-order valence-electron chi connectivity index (χ1n) is 10.7. The highest BCUT2D eigenvalue weighted by atomic mass is 32.2. The molecule has 1 saturated heterocycles. The number of ether oxygens (including phenoxy) is 1. The van der Waals surface area contributed by atoms with Crippen molar-refractivity contribution in [1.82, 2.24) is 9.62 Å². The number of nitrogens with one attached hydrogen (secondary N) is 1. The summed E-state index contributed by atoms with van der Waals surface area (Å²) in [5, 5.41) is 2.98. The third-order valence-corrected chi connectivity index (χ3v) is 7.66. The van der Waals surface area contributed by atoms with Gasteiger partial charge in [-0.25, -0.2) is 8.42 Å². The van der Waals surface area contributed by atoms with E-state index in [9.17, 15) is 13.2 Å². The van der Waals surface area contributed by atoms with Crippen LogP contribution in [-0.2, 0) is 14.8 Å². The van der Waals surface area contributed by atoms with E-state index < -0.39 is 10.0 Å². The Hall–Kier alpha value is -2.38. The van der Waals surface area contributed by atoms with Crippen molar-refractivity contribution >= 4 is 15.9 Å². The zero-order valence-corrected chi connectivity index (χ0v) is 19.5. The summed E-state index contributed by atoms with van der Waals surface area (Å²) in [6.07, 6.45) is 1.34. The SMILES string of the molecule is Cc1ccc(S(=O)(=O)N2CCC[C@@H](C(=O)N[C@@H](C)COc3ccc(C)c(C)c3)C2)cc1. The molecule has 168 valence electrons. The number of benzene rings is 2. The van der Waals surface area contributed by atoms with Gasteiger partial charge in [0.25, 0.3) is 0 Å². The average Bonchev–Trinajstić information content (AvgIpc) is 2.75.